The van der Waals surface area contributed by atoms with Gasteiger partial charge in [0, 0.05) is 65.8 Å². The topological polar surface area (TPSA) is 19.7 Å². The van der Waals surface area contributed by atoms with Crippen LogP contribution in [0.2, 0.25) is 0 Å². The summed E-state index contributed by atoms with van der Waals surface area (Å²) in [4.78, 5) is 0. The summed E-state index contributed by atoms with van der Waals surface area (Å²) in [6, 6.07) is 114. The Morgan fingerprint density at radius 2 is 0.341 bits per heavy atom. The Labute approximate surface area is 474 Å². The first kappa shape index (κ1) is 47.1. The molecule has 0 amide bonds. The largest absolute Gasteiger partial charge is 0.309 e. The third-order valence-corrected chi connectivity index (χ3v) is 16.6. The number of rotatable bonds is 7. The van der Waals surface area contributed by atoms with Crippen LogP contribution in [0.3, 0.4) is 0 Å². The Morgan fingerprint density at radius 1 is 0.134 bits per heavy atom. The number of fused-ring (bicyclic) bond motifs is 12. The zero-order valence-corrected chi connectivity index (χ0v) is 44.8. The Morgan fingerprint density at radius 3 is 0.634 bits per heavy atom. The molecule has 0 saturated heterocycles. The second-order valence-electron chi connectivity index (χ2n) is 21.3. The Kier molecular flexibility index (Phi) is 11.2. The van der Waals surface area contributed by atoms with Crippen LogP contribution in [0.4, 0.5) is 0 Å². The molecule has 17 aromatic rings. The minimum absolute atomic E-state index is 1.17. The number of aromatic nitrogens is 4. The highest BCUT2D eigenvalue weighted by Crippen LogP contribution is 2.41. The summed E-state index contributed by atoms with van der Waals surface area (Å²) in [6.45, 7) is 0. The molecule has 0 bridgehead atoms. The molecule has 0 fully saturated rings. The lowest BCUT2D eigenvalue weighted by Crippen LogP contribution is -1.93. The predicted octanol–water partition coefficient (Wildman–Crippen LogP) is 20.8. The van der Waals surface area contributed by atoms with Gasteiger partial charge in [0.25, 0.3) is 0 Å². The summed E-state index contributed by atoms with van der Waals surface area (Å²) >= 11 is 0. The van der Waals surface area contributed by atoms with Crippen LogP contribution in [-0.4, -0.2) is 18.3 Å². The molecule has 0 atom stereocenters. The third-order valence-electron chi connectivity index (χ3n) is 16.6. The lowest BCUT2D eigenvalue weighted by molar-refractivity contribution is 1.18. The lowest BCUT2D eigenvalue weighted by atomic mass is 10.0. The van der Waals surface area contributed by atoms with Crippen LogP contribution in [0.1, 0.15) is 0 Å². The number of para-hydroxylation sites is 7. The van der Waals surface area contributed by atoms with E-state index in [-0.39, 0.29) is 0 Å². The molecule has 0 aliphatic carbocycles. The van der Waals surface area contributed by atoms with E-state index in [1.54, 1.807) is 0 Å². The van der Waals surface area contributed by atoms with Gasteiger partial charge in [-0.05, 0) is 155 Å². The minimum Gasteiger partial charge on any atom is -0.309 e. The normalized spacial score (nSPS) is 11.7. The standard InChI is InChI=1S/C42H28N2.C36H24N2/c1-3-11-29(12-4-1)30-19-23-34(24-20-30)44-40-18-10-8-16-36(40)38-28-32(22-26-42(38)44)31-21-25-41-37(27-31)35-15-7-9-17-39(35)43(41)33-13-5-2-6-14-33;1-3-11-27(12-4-1)37-33-17-9-7-15-29(33)31-23-25(19-21-35(31)37)26-20-22-36-32(24-26)30-16-8-10-18-34(30)38(36)28-13-5-2-6-14-28/h1-28H;1-24H. The van der Waals surface area contributed by atoms with Gasteiger partial charge in [0.15, 0.2) is 0 Å². The number of benzene rings is 13. The van der Waals surface area contributed by atoms with Crippen LogP contribution in [0.15, 0.2) is 315 Å². The monoisotopic (exact) mass is 1040 g/mol. The maximum absolute atomic E-state index is 2.39. The molecular weight excluding hydrogens is 993 g/mol. The van der Waals surface area contributed by atoms with Gasteiger partial charge in [0.1, 0.15) is 0 Å². The quantitative estimate of drug-likeness (QED) is 0.152. The van der Waals surface area contributed by atoms with E-state index in [1.165, 1.54) is 143 Å². The zero-order chi connectivity index (χ0) is 54.1. The average molecular weight is 1050 g/mol. The smallest absolute Gasteiger partial charge is 0.0541 e. The summed E-state index contributed by atoms with van der Waals surface area (Å²) in [5.74, 6) is 0. The van der Waals surface area contributed by atoms with Crippen molar-refractivity contribution in [3.05, 3.63) is 315 Å². The molecule has 13 aromatic carbocycles. The molecule has 4 heteroatoms. The van der Waals surface area contributed by atoms with E-state index in [0.717, 1.165) is 0 Å². The fourth-order valence-electron chi connectivity index (χ4n) is 12.9. The molecule has 0 radical (unpaired) electrons. The number of nitrogens with zero attached hydrogens (tertiary/aromatic N) is 4. The summed E-state index contributed by atoms with van der Waals surface area (Å²) in [7, 11) is 0. The van der Waals surface area contributed by atoms with Gasteiger partial charge in [-0.1, -0.05) is 194 Å². The van der Waals surface area contributed by atoms with Crippen molar-refractivity contribution in [2.45, 2.75) is 0 Å². The molecule has 0 spiro atoms. The second-order valence-corrected chi connectivity index (χ2v) is 21.3. The fourth-order valence-corrected chi connectivity index (χ4v) is 12.9. The van der Waals surface area contributed by atoms with Gasteiger partial charge in [0.2, 0.25) is 0 Å². The van der Waals surface area contributed by atoms with Crippen LogP contribution in [0, 0.1) is 0 Å². The number of hydrogen-bond donors (Lipinski definition) is 0. The van der Waals surface area contributed by atoms with E-state index in [2.05, 4.69) is 334 Å². The highest BCUT2D eigenvalue weighted by Gasteiger charge is 2.19. The molecule has 0 saturated carbocycles. The molecule has 0 aliphatic rings. The van der Waals surface area contributed by atoms with Crippen molar-refractivity contribution in [2.75, 3.05) is 0 Å². The van der Waals surface area contributed by atoms with Gasteiger partial charge in [-0.3, -0.25) is 0 Å². The Bertz CT molecular complexity index is 5080. The second kappa shape index (κ2) is 19.5. The Balaban J connectivity index is 0.000000136. The third kappa shape index (κ3) is 7.76. The highest BCUT2D eigenvalue weighted by atomic mass is 15.0. The van der Waals surface area contributed by atoms with E-state index >= 15 is 0 Å². The predicted molar refractivity (Wildman–Crippen MR) is 347 cm³/mol. The minimum atomic E-state index is 1.17. The molecule has 4 aromatic heterocycles. The molecule has 0 aliphatic heterocycles. The summed E-state index contributed by atoms with van der Waals surface area (Å²) < 4.78 is 9.49. The van der Waals surface area contributed by atoms with E-state index in [4.69, 9.17) is 0 Å². The van der Waals surface area contributed by atoms with E-state index in [9.17, 15) is 0 Å². The van der Waals surface area contributed by atoms with Gasteiger partial charge in [-0.2, -0.15) is 0 Å². The van der Waals surface area contributed by atoms with Gasteiger partial charge in [0.05, 0.1) is 44.1 Å². The van der Waals surface area contributed by atoms with Crippen LogP contribution in [0.5, 0.6) is 0 Å². The van der Waals surface area contributed by atoms with Crippen LogP contribution in [0.25, 0.3) is 143 Å². The van der Waals surface area contributed by atoms with Crippen molar-refractivity contribution in [2.24, 2.45) is 0 Å². The van der Waals surface area contributed by atoms with Crippen molar-refractivity contribution in [3.8, 4) is 56.1 Å². The van der Waals surface area contributed by atoms with Crippen LogP contribution >= 0.6 is 0 Å². The molecule has 0 unspecified atom stereocenters. The molecule has 0 N–H and O–H groups in total. The summed E-state index contributed by atoms with van der Waals surface area (Å²) in [6.07, 6.45) is 0. The average Bonchev–Trinajstić information content (AvgIpc) is 4.47. The van der Waals surface area contributed by atoms with Gasteiger partial charge >= 0.3 is 0 Å². The van der Waals surface area contributed by atoms with Crippen molar-refractivity contribution in [3.63, 3.8) is 0 Å². The first-order chi connectivity index (χ1) is 40.7. The molecule has 4 heterocycles. The fraction of sp³-hybridized carbons (Fsp3) is 0. The lowest BCUT2D eigenvalue weighted by Gasteiger charge is -2.10. The summed E-state index contributed by atoms with van der Waals surface area (Å²) in [5, 5.41) is 10.1. The number of hydrogen-bond acceptors (Lipinski definition) is 0. The molecule has 384 valence electrons. The Hall–Kier alpha value is -10.9. The van der Waals surface area contributed by atoms with Crippen LogP contribution < -0.4 is 0 Å². The van der Waals surface area contributed by atoms with Crippen molar-refractivity contribution in [1.82, 2.24) is 18.3 Å². The van der Waals surface area contributed by atoms with Gasteiger partial charge in [-0.25, -0.2) is 0 Å². The van der Waals surface area contributed by atoms with Crippen molar-refractivity contribution in [1.29, 1.82) is 0 Å². The molecule has 17 rings (SSSR count). The molecular formula is C78H52N4. The maximum Gasteiger partial charge on any atom is 0.0541 e. The highest BCUT2D eigenvalue weighted by molar-refractivity contribution is 6.15. The summed E-state index contributed by atoms with van der Waals surface area (Å²) in [5.41, 5.74) is 21.8. The van der Waals surface area contributed by atoms with Gasteiger partial charge in [-0.15, -0.1) is 0 Å². The van der Waals surface area contributed by atoms with E-state index in [0.29, 0.717) is 0 Å². The van der Waals surface area contributed by atoms with E-state index in [1.807, 2.05) is 0 Å². The van der Waals surface area contributed by atoms with Crippen LogP contribution in [-0.2, 0) is 0 Å². The molecule has 4 nitrogen and oxygen atoms in total. The first-order valence-corrected chi connectivity index (χ1v) is 28.2. The van der Waals surface area contributed by atoms with E-state index < -0.39 is 0 Å². The van der Waals surface area contributed by atoms with Crippen molar-refractivity contribution < 1.29 is 0 Å². The zero-order valence-electron chi connectivity index (χ0n) is 44.8. The first-order valence-electron chi connectivity index (χ1n) is 28.2. The maximum atomic E-state index is 2.39. The van der Waals surface area contributed by atoms with Gasteiger partial charge < -0.3 is 18.3 Å². The SMILES string of the molecule is c1ccc(-c2ccc(-n3c4ccccc4c4cc(-c5ccc6c(c5)c5ccccc5n6-c5ccccc5)ccc43)cc2)cc1.c1ccc(-n2c3ccccc3c3cc(-c4ccc5c(c4)c4ccccc4n5-c4ccccc4)ccc32)cc1. The van der Waals surface area contributed by atoms with Crippen molar-refractivity contribution >= 4 is 87.2 Å². The molecule has 82 heavy (non-hydrogen) atoms.